The molecule has 0 heterocycles. The SMILES string of the molecule is C[Si](C)(C)CC1(O)C=CC=CC1O. The normalized spacial score (nSPS) is 33.8. The molecule has 0 aromatic carbocycles. The van der Waals surface area contributed by atoms with Crippen LogP contribution in [0.25, 0.3) is 0 Å². The summed E-state index contributed by atoms with van der Waals surface area (Å²) in [6, 6.07) is 0.696. The third kappa shape index (κ3) is 2.79. The molecule has 2 unspecified atom stereocenters. The monoisotopic (exact) mass is 198 g/mol. The van der Waals surface area contributed by atoms with E-state index in [0.717, 1.165) is 0 Å². The average Bonchev–Trinajstić information content (AvgIpc) is 1.92. The maximum absolute atomic E-state index is 10.1. The van der Waals surface area contributed by atoms with Gasteiger partial charge in [-0.1, -0.05) is 43.9 Å². The number of aliphatic hydroxyl groups excluding tert-OH is 1. The van der Waals surface area contributed by atoms with E-state index >= 15 is 0 Å². The van der Waals surface area contributed by atoms with Gasteiger partial charge in [-0.3, -0.25) is 0 Å². The molecule has 0 spiro atoms. The van der Waals surface area contributed by atoms with Crippen LogP contribution in [0.1, 0.15) is 0 Å². The standard InChI is InChI=1S/C10H18O2Si/c1-13(2,3)8-10(12)7-5-4-6-9(10)11/h4-7,9,11-12H,8H2,1-3H3. The molecule has 0 fully saturated rings. The third-order valence-electron chi connectivity index (χ3n) is 2.12. The van der Waals surface area contributed by atoms with Crippen LogP contribution in [0, 0.1) is 0 Å². The van der Waals surface area contributed by atoms with Gasteiger partial charge in [0, 0.05) is 8.07 Å². The average molecular weight is 198 g/mol. The van der Waals surface area contributed by atoms with Gasteiger partial charge in [0.15, 0.2) is 0 Å². The van der Waals surface area contributed by atoms with Crippen molar-refractivity contribution >= 4 is 8.07 Å². The van der Waals surface area contributed by atoms with Crippen LogP contribution in [-0.4, -0.2) is 30.0 Å². The Morgan fingerprint density at radius 3 is 2.38 bits per heavy atom. The molecule has 2 N–H and O–H groups in total. The Balaban J connectivity index is 2.76. The molecule has 0 aromatic rings. The molecule has 0 saturated carbocycles. The number of rotatable bonds is 2. The van der Waals surface area contributed by atoms with Gasteiger partial charge in [0.2, 0.25) is 0 Å². The van der Waals surface area contributed by atoms with Crippen LogP contribution in [0.15, 0.2) is 24.3 Å². The molecule has 1 aliphatic carbocycles. The summed E-state index contributed by atoms with van der Waals surface area (Å²) in [5, 5.41) is 19.7. The third-order valence-corrected chi connectivity index (χ3v) is 3.74. The van der Waals surface area contributed by atoms with E-state index in [2.05, 4.69) is 19.6 Å². The summed E-state index contributed by atoms with van der Waals surface area (Å²) >= 11 is 0. The molecule has 2 atom stereocenters. The van der Waals surface area contributed by atoms with Crippen molar-refractivity contribution in [1.82, 2.24) is 0 Å². The van der Waals surface area contributed by atoms with Gasteiger partial charge in [0.05, 0.1) is 0 Å². The van der Waals surface area contributed by atoms with Crippen LogP contribution >= 0.6 is 0 Å². The molecular formula is C10H18O2Si. The largest absolute Gasteiger partial charge is 0.386 e. The zero-order chi connectivity index (χ0) is 10.1. The van der Waals surface area contributed by atoms with E-state index in [0.29, 0.717) is 6.04 Å². The van der Waals surface area contributed by atoms with E-state index in [4.69, 9.17) is 0 Å². The van der Waals surface area contributed by atoms with Crippen LogP contribution in [-0.2, 0) is 0 Å². The lowest BCUT2D eigenvalue weighted by atomic mass is 9.94. The van der Waals surface area contributed by atoms with E-state index in [1.165, 1.54) is 0 Å². The quantitative estimate of drug-likeness (QED) is 0.661. The number of aliphatic hydroxyl groups is 2. The Kier molecular flexibility index (Phi) is 2.80. The van der Waals surface area contributed by atoms with Gasteiger partial charge in [0.25, 0.3) is 0 Å². The minimum Gasteiger partial charge on any atom is -0.386 e. The Morgan fingerprint density at radius 1 is 1.31 bits per heavy atom. The van der Waals surface area contributed by atoms with E-state index in [9.17, 15) is 10.2 Å². The molecule has 0 aromatic heterocycles. The van der Waals surface area contributed by atoms with Crippen LogP contribution in [0.4, 0.5) is 0 Å². The molecule has 0 radical (unpaired) electrons. The van der Waals surface area contributed by atoms with Gasteiger partial charge < -0.3 is 10.2 Å². The molecular weight excluding hydrogens is 180 g/mol. The molecule has 0 amide bonds. The lowest BCUT2D eigenvalue weighted by molar-refractivity contribution is -0.00167. The van der Waals surface area contributed by atoms with E-state index in [1.54, 1.807) is 24.3 Å². The highest BCUT2D eigenvalue weighted by Gasteiger charge is 2.37. The van der Waals surface area contributed by atoms with Gasteiger partial charge in [-0.25, -0.2) is 0 Å². The first-order chi connectivity index (χ1) is 5.83. The number of allylic oxidation sites excluding steroid dienone is 2. The predicted molar refractivity (Wildman–Crippen MR) is 57.4 cm³/mol. The maximum atomic E-state index is 10.1. The summed E-state index contributed by atoms with van der Waals surface area (Å²) in [6.07, 6.45) is 6.16. The maximum Gasteiger partial charge on any atom is 0.110 e. The molecule has 13 heavy (non-hydrogen) atoms. The summed E-state index contributed by atoms with van der Waals surface area (Å²) in [5.41, 5.74) is -1.03. The molecule has 3 heteroatoms. The first-order valence-electron chi connectivity index (χ1n) is 4.60. The second kappa shape index (κ2) is 3.40. The zero-order valence-corrected chi connectivity index (χ0v) is 9.49. The minimum atomic E-state index is -1.35. The molecule has 1 aliphatic rings. The minimum absolute atomic E-state index is 0.696. The van der Waals surface area contributed by atoms with Gasteiger partial charge in [-0.15, -0.1) is 0 Å². The Morgan fingerprint density at radius 2 is 1.92 bits per heavy atom. The summed E-state index contributed by atoms with van der Waals surface area (Å²) < 4.78 is 0. The molecule has 0 aliphatic heterocycles. The Hall–Kier alpha value is -0.383. The molecule has 74 valence electrons. The van der Waals surface area contributed by atoms with Gasteiger partial charge in [-0.2, -0.15) is 0 Å². The van der Waals surface area contributed by atoms with E-state index in [1.807, 2.05) is 0 Å². The van der Waals surface area contributed by atoms with Crippen molar-refractivity contribution in [3.8, 4) is 0 Å². The zero-order valence-electron chi connectivity index (χ0n) is 8.49. The van der Waals surface area contributed by atoms with Crippen molar-refractivity contribution in [1.29, 1.82) is 0 Å². The van der Waals surface area contributed by atoms with Crippen molar-refractivity contribution in [2.45, 2.75) is 37.4 Å². The molecule has 2 nitrogen and oxygen atoms in total. The molecule has 0 saturated heterocycles. The van der Waals surface area contributed by atoms with Crippen LogP contribution in [0.2, 0.25) is 25.7 Å². The Labute approximate surface area is 80.6 Å². The number of hydrogen-bond donors (Lipinski definition) is 2. The second-order valence-corrected chi connectivity index (χ2v) is 10.4. The van der Waals surface area contributed by atoms with Gasteiger partial charge in [-0.05, 0) is 6.04 Å². The highest BCUT2D eigenvalue weighted by Crippen LogP contribution is 2.28. The Bertz CT molecular complexity index is 240. The number of hydrogen-bond acceptors (Lipinski definition) is 2. The lowest BCUT2D eigenvalue weighted by Gasteiger charge is -2.34. The molecule has 0 bridgehead atoms. The predicted octanol–water partition coefficient (Wildman–Crippen LogP) is 1.54. The van der Waals surface area contributed by atoms with Crippen LogP contribution in [0.3, 0.4) is 0 Å². The van der Waals surface area contributed by atoms with E-state index in [-0.39, 0.29) is 0 Å². The van der Waals surface area contributed by atoms with Crippen molar-refractivity contribution in [2.24, 2.45) is 0 Å². The van der Waals surface area contributed by atoms with Gasteiger partial charge in [0.1, 0.15) is 11.7 Å². The van der Waals surface area contributed by atoms with Crippen LogP contribution < -0.4 is 0 Å². The lowest BCUT2D eigenvalue weighted by Crippen LogP contribution is -2.45. The second-order valence-electron chi connectivity index (χ2n) is 4.92. The highest BCUT2D eigenvalue weighted by molar-refractivity contribution is 6.76. The topological polar surface area (TPSA) is 40.5 Å². The van der Waals surface area contributed by atoms with Gasteiger partial charge >= 0.3 is 0 Å². The summed E-state index contributed by atoms with van der Waals surface area (Å²) in [4.78, 5) is 0. The smallest absolute Gasteiger partial charge is 0.110 e. The van der Waals surface area contributed by atoms with Crippen molar-refractivity contribution in [3.63, 3.8) is 0 Å². The van der Waals surface area contributed by atoms with E-state index < -0.39 is 19.8 Å². The fourth-order valence-electron chi connectivity index (χ4n) is 1.67. The fourth-order valence-corrected chi connectivity index (χ4v) is 3.70. The first-order valence-corrected chi connectivity index (χ1v) is 8.31. The van der Waals surface area contributed by atoms with Crippen molar-refractivity contribution < 1.29 is 10.2 Å². The summed E-state index contributed by atoms with van der Waals surface area (Å²) in [7, 11) is -1.35. The first kappa shape index (κ1) is 10.7. The van der Waals surface area contributed by atoms with Crippen molar-refractivity contribution in [3.05, 3.63) is 24.3 Å². The van der Waals surface area contributed by atoms with Crippen LogP contribution in [0.5, 0.6) is 0 Å². The fraction of sp³-hybridized carbons (Fsp3) is 0.600. The molecule has 1 rings (SSSR count). The van der Waals surface area contributed by atoms with Crippen molar-refractivity contribution in [2.75, 3.05) is 0 Å². The summed E-state index contributed by atoms with van der Waals surface area (Å²) in [5.74, 6) is 0. The highest BCUT2D eigenvalue weighted by atomic mass is 28.3. The summed E-state index contributed by atoms with van der Waals surface area (Å²) in [6.45, 7) is 6.55.